The van der Waals surface area contributed by atoms with E-state index in [9.17, 15) is 8.42 Å². The number of rotatable bonds is 3. The molecule has 0 aliphatic rings. The lowest BCUT2D eigenvalue weighted by Crippen LogP contribution is -2.13. The van der Waals surface area contributed by atoms with Crippen LogP contribution in [0.2, 0.25) is 0 Å². The normalized spacial score (nSPS) is 11.2. The summed E-state index contributed by atoms with van der Waals surface area (Å²) in [6.45, 7) is 0. The van der Waals surface area contributed by atoms with Crippen LogP contribution in [-0.2, 0) is 10.0 Å². The van der Waals surface area contributed by atoms with Gasteiger partial charge in [0.25, 0.3) is 10.0 Å². The zero-order valence-electron chi connectivity index (χ0n) is 8.97. The molecule has 0 atom stereocenters. The molecule has 1 aromatic heterocycles. The molecule has 0 bridgehead atoms. The monoisotopic (exact) mass is 390 g/mol. The quantitative estimate of drug-likeness (QED) is 0.815. The highest BCUT2D eigenvalue weighted by Crippen LogP contribution is 2.19. The molecule has 1 heterocycles. The summed E-state index contributed by atoms with van der Waals surface area (Å²) in [7, 11) is -3.62. The smallest absolute Gasteiger partial charge is 0.263 e. The summed E-state index contributed by atoms with van der Waals surface area (Å²) in [5.41, 5.74) is 0. The van der Waals surface area contributed by atoms with E-state index in [1.807, 2.05) is 0 Å². The second-order valence-corrected chi connectivity index (χ2v) is 6.82. The molecule has 94 valence electrons. The number of sulfonamides is 1. The lowest BCUT2D eigenvalue weighted by atomic mass is 10.4. The van der Waals surface area contributed by atoms with Crippen LogP contribution in [0.15, 0.2) is 56.4 Å². The van der Waals surface area contributed by atoms with Crippen molar-refractivity contribution < 1.29 is 8.42 Å². The maximum absolute atomic E-state index is 12.1. The predicted molar refractivity (Wildman–Crippen MR) is 76.9 cm³/mol. The Morgan fingerprint density at radius 1 is 1.06 bits per heavy atom. The van der Waals surface area contributed by atoms with Gasteiger partial charge >= 0.3 is 0 Å². The van der Waals surface area contributed by atoms with Crippen LogP contribution >= 0.6 is 31.9 Å². The highest BCUT2D eigenvalue weighted by atomic mass is 79.9. The van der Waals surface area contributed by atoms with Crippen molar-refractivity contribution in [2.45, 2.75) is 4.90 Å². The van der Waals surface area contributed by atoms with Gasteiger partial charge in [-0.2, -0.15) is 0 Å². The minimum absolute atomic E-state index is 0.179. The molecular formula is C11H8Br2N2O2S. The molecule has 18 heavy (non-hydrogen) atoms. The Balaban J connectivity index is 2.33. The molecule has 0 aliphatic heterocycles. The second-order valence-electron chi connectivity index (χ2n) is 3.41. The molecule has 1 N–H and O–H groups in total. The van der Waals surface area contributed by atoms with Gasteiger partial charge in [0.05, 0.1) is 4.90 Å². The lowest BCUT2D eigenvalue weighted by molar-refractivity contribution is 0.601. The van der Waals surface area contributed by atoms with Crippen LogP contribution in [0.25, 0.3) is 0 Å². The van der Waals surface area contributed by atoms with Crippen molar-refractivity contribution in [2.75, 3.05) is 4.72 Å². The van der Waals surface area contributed by atoms with Gasteiger partial charge in [0.15, 0.2) is 0 Å². The van der Waals surface area contributed by atoms with Gasteiger partial charge in [-0.15, -0.1) is 0 Å². The largest absolute Gasteiger partial charge is 0.263 e. The molecule has 0 fully saturated rings. The SMILES string of the molecule is O=S(=O)(Nc1cccc(Br)n1)c1cccc(Br)c1. The van der Waals surface area contributed by atoms with Crippen LogP contribution in [-0.4, -0.2) is 13.4 Å². The van der Waals surface area contributed by atoms with Gasteiger partial charge in [-0.1, -0.05) is 28.1 Å². The molecule has 2 rings (SSSR count). The van der Waals surface area contributed by atoms with Crippen molar-refractivity contribution in [3.05, 3.63) is 51.5 Å². The van der Waals surface area contributed by atoms with Crippen molar-refractivity contribution in [2.24, 2.45) is 0 Å². The minimum atomic E-state index is -3.62. The Morgan fingerprint density at radius 2 is 1.78 bits per heavy atom. The van der Waals surface area contributed by atoms with E-state index in [2.05, 4.69) is 41.6 Å². The van der Waals surface area contributed by atoms with E-state index in [0.717, 1.165) is 0 Å². The summed E-state index contributed by atoms with van der Waals surface area (Å²) in [5, 5.41) is 0. The van der Waals surface area contributed by atoms with Crippen molar-refractivity contribution in [1.82, 2.24) is 4.98 Å². The number of hydrogen-bond donors (Lipinski definition) is 1. The standard InChI is InChI=1S/C11H8Br2N2O2S/c12-8-3-1-4-9(7-8)18(16,17)15-11-6-2-5-10(13)14-11/h1-7H,(H,14,15). The number of anilines is 1. The van der Waals surface area contributed by atoms with E-state index in [-0.39, 0.29) is 10.7 Å². The van der Waals surface area contributed by atoms with E-state index in [1.54, 1.807) is 30.3 Å². The number of aromatic nitrogens is 1. The fourth-order valence-corrected chi connectivity index (χ4v) is 3.24. The maximum atomic E-state index is 12.1. The first kappa shape index (κ1) is 13.5. The van der Waals surface area contributed by atoms with Crippen molar-refractivity contribution in [3.63, 3.8) is 0 Å². The first-order valence-corrected chi connectivity index (χ1v) is 7.95. The summed E-state index contributed by atoms with van der Waals surface area (Å²) >= 11 is 6.42. The molecule has 0 aliphatic carbocycles. The summed E-state index contributed by atoms with van der Waals surface area (Å²) < 4.78 is 27.8. The van der Waals surface area contributed by atoms with Crippen LogP contribution < -0.4 is 4.72 Å². The van der Waals surface area contributed by atoms with E-state index in [1.165, 1.54) is 12.1 Å². The number of pyridine rings is 1. The third-order valence-corrected chi connectivity index (χ3v) is 4.35. The zero-order chi connectivity index (χ0) is 13.2. The summed E-state index contributed by atoms with van der Waals surface area (Å²) in [6.07, 6.45) is 0. The lowest BCUT2D eigenvalue weighted by Gasteiger charge is -2.07. The first-order chi connectivity index (χ1) is 8.47. The number of nitrogens with zero attached hydrogens (tertiary/aromatic N) is 1. The number of nitrogens with one attached hydrogen (secondary N) is 1. The molecule has 2 aromatic rings. The van der Waals surface area contributed by atoms with Crippen LogP contribution in [0.5, 0.6) is 0 Å². The van der Waals surface area contributed by atoms with Gasteiger partial charge in [0.1, 0.15) is 10.4 Å². The molecule has 0 radical (unpaired) electrons. The third kappa shape index (κ3) is 3.30. The fourth-order valence-electron chi connectivity index (χ4n) is 1.30. The van der Waals surface area contributed by atoms with Crippen LogP contribution in [0, 0.1) is 0 Å². The van der Waals surface area contributed by atoms with Crippen molar-refractivity contribution in [1.29, 1.82) is 0 Å². The maximum Gasteiger partial charge on any atom is 0.263 e. The predicted octanol–water partition coefficient (Wildman–Crippen LogP) is 3.41. The van der Waals surface area contributed by atoms with Gasteiger partial charge in [-0.05, 0) is 46.3 Å². The number of halogens is 2. The molecule has 0 unspecified atom stereocenters. The average molecular weight is 392 g/mol. The fraction of sp³-hybridized carbons (Fsp3) is 0. The van der Waals surface area contributed by atoms with Gasteiger partial charge < -0.3 is 0 Å². The topological polar surface area (TPSA) is 59.1 Å². The highest BCUT2D eigenvalue weighted by Gasteiger charge is 2.14. The minimum Gasteiger partial charge on any atom is -0.263 e. The molecule has 0 spiro atoms. The molecule has 0 amide bonds. The summed E-state index contributed by atoms with van der Waals surface area (Å²) in [4.78, 5) is 4.20. The van der Waals surface area contributed by atoms with Crippen molar-refractivity contribution >= 4 is 47.7 Å². The first-order valence-electron chi connectivity index (χ1n) is 4.88. The molecule has 0 saturated heterocycles. The van der Waals surface area contributed by atoms with E-state index in [4.69, 9.17) is 0 Å². The Kier molecular flexibility index (Phi) is 4.04. The molecule has 7 heteroatoms. The summed E-state index contributed by atoms with van der Waals surface area (Å²) in [6, 6.07) is 11.5. The van der Waals surface area contributed by atoms with Crippen LogP contribution in [0.1, 0.15) is 0 Å². The van der Waals surface area contributed by atoms with Crippen molar-refractivity contribution in [3.8, 4) is 0 Å². The average Bonchev–Trinajstić information content (AvgIpc) is 2.28. The Bertz CT molecular complexity index is 674. The van der Waals surface area contributed by atoms with Gasteiger partial charge in [-0.3, -0.25) is 4.72 Å². The molecule has 1 aromatic carbocycles. The molecule has 0 saturated carbocycles. The van der Waals surface area contributed by atoms with Gasteiger partial charge in [-0.25, -0.2) is 13.4 Å². The van der Waals surface area contributed by atoms with E-state index in [0.29, 0.717) is 9.08 Å². The Hall–Kier alpha value is -0.920. The number of hydrogen-bond acceptors (Lipinski definition) is 3. The zero-order valence-corrected chi connectivity index (χ0v) is 13.0. The Morgan fingerprint density at radius 3 is 2.44 bits per heavy atom. The van der Waals surface area contributed by atoms with E-state index >= 15 is 0 Å². The summed E-state index contributed by atoms with van der Waals surface area (Å²) in [5.74, 6) is 0.268. The van der Waals surface area contributed by atoms with Crippen LogP contribution in [0.4, 0.5) is 5.82 Å². The Labute approximate surface area is 122 Å². The van der Waals surface area contributed by atoms with Gasteiger partial charge in [0, 0.05) is 4.47 Å². The number of benzene rings is 1. The van der Waals surface area contributed by atoms with E-state index < -0.39 is 10.0 Å². The molecule has 4 nitrogen and oxygen atoms in total. The third-order valence-electron chi connectivity index (χ3n) is 2.06. The van der Waals surface area contributed by atoms with Crippen LogP contribution in [0.3, 0.4) is 0 Å². The second kappa shape index (κ2) is 5.38. The van der Waals surface area contributed by atoms with Gasteiger partial charge in [0.2, 0.25) is 0 Å². The highest BCUT2D eigenvalue weighted by molar-refractivity contribution is 9.10. The molecular weight excluding hydrogens is 384 g/mol.